The number of guanidine groups is 1. The van der Waals surface area contributed by atoms with E-state index in [9.17, 15) is 0 Å². The normalized spacial score (nSPS) is 21.9. The smallest absolute Gasteiger partial charge is 0.191 e. The molecule has 2 N–H and O–H groups in total. The van der Waals surface area contributed by atoms with Gasteiger partial charge in [0.2, 0.25) is 0 Å². The molecule has 1 fully saturated rings. The lowest BCUT2D eigenvalue weighted by Gasteiger charge is -2.31. The predicted octanol–water partition coefficient (Wildman–Crippen LogP) is 0.560. The Balaban J connectivity index is 1.95. The third-order valence-corrected chi connectivity index (χ3v) is 3.02. The maximum absolute atomic E-state index is 5.99. The molecule has 0 aromatic carbocycles. The van der Waals surface area contributed by atoms with Crippen LogP contribution in [-0.4, -0.2) is 41.2 Å². The van der Waals surface area contributed by atoms with Crippen LogP contribution in [0.4, 0.5) is 0 Å². The van der Waals surface area contributed by atoms with E-state index in [2.05, 4.69) is 27.4 Å². The average molecular weight is 236 g/mol. The molecule has 0 spiro atoms. The highest BCUT2D eigenvalue weighted by molar-refractivity contribution is 5.78. The van der Waals surface area contributed by atoms with Gasteiger partial charge in [-0.3, -0.25) is 0 Å². The van der Waals surface area contributed by atoms with Gasteiger partial charge in [0.15, 0.2) is 5.96 Å². The Labute approximate surface area is 102 Å². The molecule has 5 heteroatoms. The Kier molecular flexibility index (Phi) is 3.68. The van der Waals surface area contributed by atoms with Crippen LogP contribution >= 0.6 is 0 Å². The Morgan fingerprint density at radius 2 is 2.47 bits per heavy atom. The molecule has 2 rings (SSSR count). The van der Waals surface area contributed by atoms with Crippen molar-refractivity contribution in [2.45, 2.75) is 19.6 Å². The van der Waals surface area contributed by atoms with Crippen LogP contribution in [0, 0.1) is 0 Å². The predicted molar refractivity (Wildman–Crippen MR) is 67.7 cm³/mol. The summed E-state index contributed by atoms with van der Waals surface area (Å²) < 4.78 is 7.53. The van der Waals surface area contributed by atoms with Gasteiger partial charge in [0.05, 0.1) is 19.3 Å². The summed E-state index contributed by atoms with van der Waals surface area (Å²) in [5, 5.41) is 0. The number of rotatable bonds is 2. The van der Waals surface area contributed by atoms with E-state index >= 15 is 0 Å². The van der Waals surface area contributed by atoms with E-state index in [0.29, 0.717) is 12.5 Å². The lowest BCUT2D eigenvalue weighted by Crippen LogP contribution is -2.47. The second-order valence-electron chi connectivity index (χ2n) is 4.41. The molecule has 0 amide bonds. The van der Waals surface area contributed by atoms with Crippen molar-refractivity contribution in [3.8, 4) is 0 Å². The first-order valence-corrected chi connectivity index (χ1v) is 5.93. The van der Waals surface area contributed by atoms with E-state index in [1.807, 2.05) is 19.3 Å². The minimum absolute atomic E-state index is 0.229. The molecule has 0 radical (unpaired) electrons. The first-order valence-electron chi connectivity index (χ1n) is 5.93. The van der Waals surface area contributed by atoms with Gasteiger partial charge >= 0.3 is 0 Å². The topological polar surface area (TPSA) is 55.8 Å². The van der Waals surface area contributed by atoms with Crippen molar-refractivity contribution in [1.82, 2.24) is 9.47 Å². The molecule has 1 aromatic heterocycles. The molecule has 2 heterocycles. The molecule has 0 bridgehead atoms. The number of nitrogens with two attached hydrogens (primary N) is 1. The lowest BCUT2D eigenvalue weighted by molar-refractivity contribution is 0.00528. The SMILES string of the molecule is CC1CN(C(N)=NCc2cccn2C)CCO1. The highest BCUT2D eigenvalue weighted by atomic mass is 16.5. The Bertz CT molecular complexity index is 399. The monoisotopic (exact) mass is 236 g/mol. The highest BCUT2D eigenvalue weighted by Gasteiger charge is 2.17. The summed E-state index contributed by atoms with van der Waals surface area (Å²) in [6.45, 7) is 5.05. The van der Waals surface area contributed by atoms with Gasteiger partial charge in [0.1, 0.15) is 0 Å². The second-order valence-corrected chi connectivity index (χ2v) is 4.41. The fraction of sp³-hybridized carbons (Fsp3) is 0.583. The summed E-state index contributed by atoms with van der Waals surface area (Å²) in [5.74, 6) is 0.612. The molecule has 1 aliphatic heterocycles. The fourth-order valence-electron chi connectivity index (χ4n) is 1.95. The number of hydrogen-bond acceptors (Lipinski definition) is 2. The summed E-state index contributed by atoms with van der Waals surface area (Å²) in [5.41, 5.74) is 7.15. The zero-order valence-electron chi connectivity index (χ0n) is 10.5. The standard InChI is InChI=1S/C12H20N4O/c1-10-9-16(6-7-17-10)12(13)14-8-11-4-3-5-15(11)2/h3-5,10H,6-9H2,1-2H3,(H2,13,14). The van der Waals surface area contributed by atoms with Crippen molar-refractivity contribution in [3.63, 3.8) is 0 Å². The summed E-state index contributed by atoms with van der Waals surface area (Å²) in [4.78, 5) is 6.51. The van der Waals surface area contributed by atoms with Gasteiger partial charge in [0.25, 0.3) is 0 Å². The maximum atomic E-state index is 5.99. The van der Waals surface area contributed by atoms with Crippen molar-refractivity contribution < 1.29 is 4.74 Å². The van der Waals surface area contributed by atoms with Gasteiger partial charge in [-0.15, -0.1) is 0 Å². The van der Waals surface area contributed by atoms with Crippen LogP contribution < -0.4 is 5.73 Å². The van der Waals surface area contributed by atoms with Crippen LogP contribution in [0.1, 0.15) is 12.6 Å². The summed E-state index contributed by atoms with van der Waals surface area (Å²) in [7, 11) is 2.01. The second kappa shape index (κ2) is 5.23. The minimum Gasteiger partial charge on any atom is -0.375 e. The van der Waals surface area contributed by atoms with Gasteiger partial charge in [-0.1, -0.05) is 0 Å². The Morgan fingerprint density at radius 3 is 3.12 bits per heavy atom. The van der Waals surface area contributed by atoms with Crippen molar-refractivity contribution in [2.24, 2.45) is 17.8 Å². The molecule has 0 saturated carbocycles. The van der Waals surface area contributed by atoms with Crippen molar-refractivity contribution in [2.75, 3.05) is 19.7 Å². The van der Waals surface area contributed by atoms with Crippen molar-refractivity contribution >= 4 is 5.96 Å². The molecular weight excluding hydrogens is 216 g/mol. The van der Waals surface area contributed by atoms with E-state index in [-0.39, 0.29) is 6.10 Å². The molecule has 1 aromatic rings. The number of aryl methyl sites for hydroxylation is 1. The first-order chi connectivity index (χ1) is 8.16. The lowest BCUT2D eigenvalue weighted by atomic mass is 10.3. The molecule has 0 aliphatic carbocycles. The molecule has 1 unspecified atom stereocenters. The van der Waals surface area contributed by atoms with Crippen LogP contribution in [0.2, 0.25) is 0 Å². The molecular formula is C12H20N4O. The Morgan fingerprint density at radius 1 is 1.65 bits per heavy atom. The van der Waals surface area contributed by atoms with E-state index in [0.717, 1.165) is 25.4 Å². The third kappa shape index (κ3) is 3.00. The van der Waals surface area contributed by atoms with Gasteiger partial charge in [-0.2, -0.15) is 0 Å². The van der Waals surface area contributed by atoms with Gasteiger partial charge in [0, 0.05) is 32.0 Å². The van der Waals surface area contributed by atoms with E-state index < -0.39 is 0 Å². The van der Waals surface area contributed by atoms with Gasteiger partial charge in [-0.05, 0) is 19.1 Å². The third-order valence-electron chi connectivity index (χ3n) is 3.02. The molecule has 94 valence electrons. The van der Waals surface area contributed by atoms with Crippen molar-refractivity contribution in [3.05, 3.63) is 24.0 Å². The fourth-order valence-corrected chi connectivity index (χ4v) is 1.95. The molecule has 1 atom stereocenters. The number of nitrogens with zero attached hydrogens (tertiary/aromatic N) is 3. The van der Waals surface area contributed by atoms with Crippen LogP contribution in [-0.2, 0) is 18.3 Å². The molecule has 17 heavy (non-hydrogen) atoms. The zero-order chi connectivity index (χ0) is 12.3. The van der Waals surface area contributed by atoms with E-state index in [4.69, 9.17) is 10.5 Å². The number of aliphatic imine (C=N–C) groups is 1. The maximum Gasteiger partial charge on any atom is 0.191 e. The summed E-state index contributed by atoms with van der Waals surface area (Å²) in [6, 6.07) is 4.07. The van der Waals surface area contributed by atoms with Gasteiger partial charge in [-0.25, -0.2) is 4.99 Å². The van der Waals surface area contributed by atoms with Crippen LogP contribution in [0.15, 0.2) is 23.3 Å². The number of aromatic nitrogens is 1. The molecule has 1 saturated heterocycles. The largest absolute Gasteiger partial charge is 0.375 e. The Hall–Kier alpha value is -1.49. The van der Waals surface area contributed by atoms with Crippen LogP contribution in [0.5, 0.6) is 0 Å². The zero-order valence-corrected chi connectivity index (χ0v) is 10.5. The summed E-state index contributed by atoms with van der Waals surface area (Å²) in [6.07, 6.45) is 2.24. The van der Waals surface area contributed by atoms with Crippen molar-refractivity contribution in [1.29, 1.82) is 0 Å². The first kappa shape index (κ1) is 12.0. The highest BCUT2D eigenvalue weighted by Crippen LogP contribution is 2.05. The number of morpholine rings is 1. The number of ether oxygens (including phenoxy) is 1. The number of hydrogen-bond donors (Lipinski definition) is 1. The van der Waals surface area contributed by atoms with Crippen LogP contribution in [0.25, 0.3) is 0 Å². The van der Waals surface area contributed by atoms with Crippen LogP contribution in [0.3, 0.4) is 0 Å². The minimum atomic E-state index is 0.229. The molecule has 1 aliphatic rings. The average Bonchev–Trinajstić information content (AvgIpc) is 2.72. The van der Waals surface area contributed by atoms with E-state index in [1.54, 1.807) is 0 Å². The van der Waals surface area contributed by atoms with Gasteiger partial charge < -0.3 is 19.9 Å². The summed E-state index contributed by atoms with van der Waals surface area (Å²) >= 11 is 0. The quantitative estimate of drug-likeness (QED) is 0.603. The molecule has 5 nitrogen and oxygen atoms in total. The van der Waals surface area contributed by atoms with E-state index in [1.165, 1.54) is 0 Å².